The first-order valence-corrected chi connectivity index (χ1v) is 12.3. The Kier molecular flexibility index (Phi) is 5.30. The molecule has 0 aromatic carbocycles. The minimum absolute atomic E-state index is 0.356. The predicted octanol–water partition coefficient (Wildman–Crippen LogP) is 6.40. The van der Waals surface area contributed by atoms with Crippen LogP contribution in [-0.4, -0.2) is 16.5 Å². The van der Waals surface area contributed by atoms with E-state index in [1.165, 1.54) is 44.9 Å². The van der Waals surface area contributed by atoms with E-state index in [0.29, 0.717) is 22.5 Å². The molecule has 4 aliphatic rings. The van der Waals surface area contributed by atoms with Crippen molar-refractivity contribution < 1.29 is 9.90 Å². The average molecular weight is 389 g/mol. The van der Waals surface area contributed by atoms with Gasteiger partial charge in [-0.05, 0) is 124 Å². The first kappa shape index (κ1) is 20.9. The molecule has 160 valence electrons. The summed E-state index contributed by atoms with van der Waals surface area (Å²) in [6.07, 6.45) is 13.5. The van der Waals surface area contributed by atoms with Crippen molar-refractivity contribution in [3.05, 3.63) is 0 Å². The maximum atomic E-state index is 11.5. The summed E-state index contributed by atoms with van der Waals surface area (Å²) < 4.78 is 0. The molecule has 28 heavy (non-hydrogen) atoms. The lowest BCUT2D eigenvalue weighted by Gasteiger charge is -2.62. The lowest BCUT2D eigenvalue weighted by molar-refractivity contribution is -0.148. The molecule has 4 saturated carbocycles. The first-order valence-electron chi connectivity index (χ1n) is 12.3. The van der Waals surface area contributed by atoms with Crippen LogP contribution in [0.25, 0.3) is 0 Å². The quantitative estimate of drug-likeness (QED) is 0.605. The first-order chi connectivity index (χ1) is 13.1. The molecule has 2 heteroatoms. The van der Waals surface area contributed by atoms with Gasteiger partial charge in [-0.15, -0.1) is 0 Å². The summed E-state index contributed by atoms with van der Waals surface area (Å²) in [4.78, 5) is 11.5. The molecule has 9 atom stereocenters. The standard InChI is InChI=1S/C26H44O2/c1-17(6-7-18(2)27)21-10-11-22-20-9-8-19-16-24(3,28)14-15-25(19,4)23(20)12-13-26(21,22)5/h17,19-23,28H,6-16H2,1-5H3/t17-,19+,20+,21-,22+,23+,24+,25+,26-/m1/s1. The monoisotopic (exact) mass is 388 g/mol. The fraction of sp³-hybridized carbons (Fsp3) is 0.962. The lowest BCUT2D eigenvalue weighted by atomic mass is 9.43. The highest BCUT2D eigenvalue weighted by molar-refractivity contribution is 5.75. The molecule has 0 radical (unpaired) electrons. The van der Waals surface area contributed by atoms with Crippen LogP contribution in [0, 0.1) is 46.3 Å². The summed E-state index contributed by atoms with van der Waals surface area (Å²) in [5.41, 5.74) is 0.538. The number of ketones is 1. The Hall–Kier alpha value is -0.370. The van der Waals surface area contributed by atoms with Crippen LogP contribution in [0.15, 0.2) is 0 Å². The molecule has 1 N–H and O–H groups in total. The molecule has 4 rings (SSSR count). The topological polar surface area (TPSA) is 37.3 Å². The molecule has 0 bridgehead atoms. The van der Waals surface area contributed by atoms with E-state index in [-0.39, 0.29) is 0 Å². The highest BCUT2D eigenvalue weighted by Gasteiger charge is 2.61. The molecule has 0 heterocycles. The number of aliphatic hydroxyl groups is 1. The molecular formula is C26H44O2. The highest BCUT2D eigenvalue weighted by atomic mass is 16.3. The van der Waals surface area contributed by atoms with Gasteiger partial charge in [-0.3, -0.25) is 0 Å². The maximum Gasteiger partial charge on any atom is 0.129 e. The molecular weight excluding hydrogens is 344 g/mol. The third-order valence-corrected chi connectivity index (χ3v) is 10.7. The maximum absolute atomic E-state index is 11.5. The fourth-order valence-electron chi connectivity index (χ4n) is 9.04. The van der Waals surface area contributed by atoms with Crippen molar-refractivity contribution in [1.82, 2.24) is 0 Å². The number of fused-ring (bicyclic) bond motifs is 5. The van der Waals surface area contributed by atoms with Gasteiger partial charge in [0.25, 0.3) is 0 Å². The SMILES string of the molecule is CC(=O)CC[C@@H](C)[C@H]1CC[C@H]2[C@@H]3CC[C@H]4C[C@@](C)(O)CC[C@]4(C)[C@H]3CC[C@]12C. The molecule has 4 aliphatic carbocycles. The van der Waals surface area contributed by atoms with E-state index in [0.717, 1.165) is 55.3 Å². The van der Waals surface area contributed by atoms with Gasteiger partial charge in [-0.1, -0.05) is 20.8 Å². The molecule has 0 spiro atoms. The van der Waals surface area contributed by atoms with Crippen molar-refractivity contribution in [3.63, 3.8) is 0 Å². The largest absolute Gasteiger partial charge is 0.390 e. The number of hydrogen-bond donors (Lipinski definition) is 1. The number of Topliss-reactive ketones (excluding diaryl/α,β-unsaturated/α-hetero) is 1. The Morgan fingerprint density at radius 3 is 2.39 bits per heavy atom. The van der Waals surface area contributed by atoms with Gasteiger partial charge in [0.15, 0.2) is 0 Å². The summed E-state index contributed by atoms with van der Waals surface area (Å²) in [6.45, 7) is 11.5. The van der Waals surface area contributed by atoms with E-state index in [1.807, 2.05) is 0 Å². The zero-order valence-corrected chi connectivity index (χ0v) is 19.1. The molecule has 0 aromatic heterocycles. The van der Waals surface area contributed by atoms with E-state index in [4.69, 9.17) is 0 Å². The summed E-state index contributed by atoms with van der Waals surface area (Å²) in [5.74, 6) is 5.28. The van der Waals surface area contributed by atoms with Crippen molar-refractivity contribution in [2.45, 2.75) is 111 Å². The Bertz CT molecular complexity index is 610. The van der Waals surface area contributed by atoms with Gasteiger partial charge in [-0.25, -0.2) is 0 Å². The van der Waals surface area contributed by atoms with Crippen molar-refractivity contribution in [3.8, 4) is 0 Å². The lowest BCUT2D eigenvalue weighted by Crippen LogP contribution is -2.55. The van der Waals surface area contributed by atoms with E-state index in [9.17, 15) is 9.90 Å². The number of carbonyl (C=O) groups is 1. The van der Waals surface area contributed by atoms with Crippen molar-refractivity contribution in [2.75, 3.05) is 0 Å². The van der Waals surface area contributed by atoms with Crippen LogP contribution >= 0.6 is 0 Å². The van der Waals surface area contributed by atoms with E-state index in [1.54, 1.807) is 6.92 Å². The molecule has 4 fully saturated rings. The third-order valence-electron chi connectivity index (χ3n) is 10.7. The van der Waals surface area contributed by atoms with Gasteiger partial charge in [0, 0.05) is 6.42 Å². The molecule has 2 nitrogen and oxygen atoms in total. The number of hydrogen-bond acceptors (Lipinski definition) is 2. The average Bonchev–Trinajstić information content (AvgIpc) is 2.97. The van der Waals surface area contributed by atoms with Crippen molar-refractivity contribution in [1.29, 1.82) is 0 Å². The minimum Gasteiger partial charge on any atom is -0.390 e. The van der Waals surface area contributed by atoms with Gasteiger partial charge >= 0.3 is 0 Å². The van der Waals surface area contributed by atoms with Crippen LogP contribution in [-0.2, 0) is 4.79 Å². The van der Waals surface area contributed by atoms with Crippen LogP contribution in [0.1, 0.15) is 105 Å². The van der Waals surface area contributed by atoms with Crippen LogP contribution in [0.3, 0.4) is 0 Å². The van der Waals surface area contributed by atoms with Crippen LogP contribution in [0.2, 0.25) is 0 Å². The van der Waals surface area contributed by atoms with Gasteiger partial charge in [0.05, 0.1) is 5.60 Å². The minimum atomic E-state index is -0.426. The summed E-state index contributed by atoms with van der Waals surface area (Å²) in [5, 5.41) is 10.7. The third kappa shape index (κ3) is 3.30. The van der Waals surface area contributed by atoms with Gasteiger partial charge in [-0.2, -0.15) is 0 Å². The highest BCUT2D eigenvalue weighted by Crippen LogP contribution is 2.68. The molecule has 0 amide bonds. The zero-order chi connectivity index (χ0) is 20.3. The fourth-order valence-corrected chi connectivity index (χ4v) is 9.04. The predicted molar refractivity (Wildman–Crippen MR) is 115 cm³/mol. The Balaban J connectivity index is 1.51. The molecule has 0 unspecified atom stereocenters. The van der Waals surface area contributed by atoms with Crippen molar-refractivity contribution >= 4 is 5.78 Å². The van der Waals surface area contributed by atoms with E-state index >= 15 is 0 Å². The Morgan fingerprint density at radius 1 is 0.964 bits per heavy atom. The molecule has 0 aromatic rings. The Labute approximate surface area is 173 Å². The summed E-state index contributed by atoms with van der Waals surface area (Å²) in [7, 11) is 0. The smallest absolute Gasteiger partial charge is 0.129 e. The van der Waals surface area contributed by atoms with E-state index < -0.39 is 5.60 Å². The normalized spacial score (nSPS) is 51.7. The number of carbonyl (C=O) groups excluding carboxylic acids is 1. The van der Waals surface area contributed by atoms with Crippen LogP contribution in [0.4, 0.5) is 0 Å². The second kappa shape index (κ2) is 7.10. The second-order valence-electron chi connectivity index (χ2n) is 12.3. The van der Waals surface area contributed by atoms with Crippen LogP contribution < -0.4 is 0 Å². The number of rotatable bonds is 4. The molecule has 0 aliphatic heterocycles. The summed E-state index contributed by atoms with van der Waals surface area (Å²) in [6, 6.07) is 0. The van der Waals surface area contributed by atoms with Gasteiger partial charge < -0.3 is 9.90 Å². The Morgan fingerprint density at radius 2 is 1.68 bits per heavy atom. The van der Waals surface area contributed by atoms with Gasteiger partial charge in [0.1, 0.15) is 5.78 Å². The van der Waals surface area contributed by atoms with E-state index in [2.05, 4.69) is 27.7 Å². The van der Waals surface area contributed by atoms with Gasteiger partial charge in [0.2, 0.25) is 0 Å². The summed E-state index contributed by atoms with van der Waals surface area (Å²) >= 11 is 0. The molecule has 0 saturated heterocycles. The zero-order valence-electron chi connectivity index (χ0n) is 19.1. The van der Waals surface area contributed by atoms with Crippen LogP contribution in [0.5, 0.6) is 0 Å². The van der Waals surface area contributed by atoms with Crippen molar-refractivity contribution in [2.24, 2.45) is 46.3 Å². The second-order valence-corrected chi connectivity index (χ2v) is 12.3.